The molecule has 5 nitrogen and oxygen atoms in total. The first-order valence-corrected chi connectivity index (χ1v) is 14.0. The van der Waals surface area contributed by atoms with Gasteiger partial charge < -0.3 is 23.7 Å². The number of furan rings is 1. The monoisotopic (exact) mass is 510 g/mol. The summed E-state index contributed by atoms with van der Waals surface area (Å²) in [7, 11) is 0. The number of rotatable bonds is 10. The van der Waals surface area contributed by atoms with E-state index in [0.717, 1.165) is 65.0 Å². The summed E-state index contributed by atoms with van der Waals surface area (Å²) < 4.78 is 25.4. The van der Waals surface area contributed by atoms with Gasteiger partial charge >= 0.3 is 0 Å². The third-order valence-corrected chi connectivity index (χ3v) is 8.57. The van der Waals surface area contributed by atoms with Gasteiger partial charge in [0.05, 0.1) is 18.3 Å². The summed E-state index contributed by atoms with van der Waals surface area (Å²) in [5.41, 5.74) is 3.94. The predicted molar refractivity (Wildman–Crippen MR) is 149 cm³/mol. The van der Waals surface area contributed by atoms with Gasteiger partial charge in [-0.25, -0.2) is 0 Å². The molecule has 0 bridgehead atoms. The molecule has 1 N–H and O–H groups in total. The second-order valence-electron chi connectivity index (χ2n) is 12.0. The first kappa shape index (κ1) is 27.8. The number of fused-ring (bicyclic) bond motifs is 2. The Bertz CT molecular complexity index is 1130. The lowest BCUT2D eigenvalue weighted by Crippen LogP contribution is -2.45. The summed E-state index contributed by atoms with van der Waals surface area (Å²) >= 11 is 0. The highest BCUT2D eigenvalue weighted by atomic mass is 16.7. The Morgan fingerprint density at radius 1 is 1.16 bits per heavy atom. The Labute approximate surface area is 222 Å². The lowest BCUT2D eigenvalue weighted by atomic mass is 9.78. The molecule has 204 valence electrons. The molecule has 2 aliphatic rings. The van der Waals surface area contributed by atoms with E-state index in [0.29, 0.717) is 11.8 Å². The minimum absolute atomic E-state index is 0.0455. The van der Waals surface area contributed by atoms with Crippen molar-refractivity contribution in [2.45, 2.75) is 98.4 Å². The maximum absolute atomic E-state index is 11.3. The number of aryl methyl sites for hydroxylation is 1. The maximum Gasteiger partial charge on any atom is 0.231 e. The second-order valence-corrected chi connectivity index (χ2v) is 12.0. The van der Waals surface area contributed by atoms with Crippen molar-refractivity contribution >= 4 is 11.0 Å². The molecule has 1 saturated heterocycles. The zero-order valence-corrected chi connectivity index (χ0v) is 23.8. The van der Waals surface area contributed by atoms with Crippen LogP contribution in [0.3, 0.4) is 0 Å². The van der Waals surface area contributed by atoms with Crippen molar-refractivity contribution < 1.29 is 23.7 Å². The van der Waals surface area contributed by atoms with Crippen LogP contribution in [0.4, 0.5) is 0 Å². The van der Waals surface area contributed by atoms with Gasteiger partial charge in [-0.3, -0.25) is 0 Å². The molecule has 0 amide bonds. The van der Waals surface area contributed by atoms with Crippen LogP contribution in [-0.4, -0.2) is 24.1 Å². The fourth-order valence-corrected chi connectivity index (χ4v) is 6.32. The van der Waals surface area contributed by atoms with Crippen LogP contribution in [-0.2, 0) is 4.74 Å². The number of aliphatic hydroxyl groups is 1. The van der Waals surface area contributed by atoms with E-state index >= 15 is 0 Å². The Morgan fingerprint density at radius 2 is 1.86 bits per heavy atom. The molecule has 0 aliphatic carbocycles. The Kier molecular flexibility index (Phi) is 8.45. The van der Waals surface area contributed by atoms with E-state index in [9.17, 15) is 5.11 Å². The minimum Gasteiger partial charge on any atom is -0.460 e. The highest BCUT2D eigenvalue weighted by Crippen LogP contribution is 2.53. The Hall–Kier alpha value is -2.24. The topological polar surface area (TPSA) is 61.1 Å². The molecule has 0 unspecified atom stereocenters. The SMILES string of the molecule is C=C[C@@H](C)CC[C@H]1O[C@@H](c2c3c(c(C)c4oc([C@@H](C)C[C@H](C)CC(=C)C)cc24)OCO3)[C@H](C)[C@@H](O)[C@H]1C. The van der Waals surface area contributed by atoms with Gasteiger partial charge in [0.25, 0.3) is 0 Å². The van der Waals surface area contributed by atoms with Crippen molar-refractivity contribution in [1.29, 1.82) is 0 Å². The summed E-state index contributed by atoms with van der Waals surface area (Å²) in [6.07, 6.45) is 5.00. The summed E-state index contributed by atoms with van der Waals surface area (Å²) in [4.78, 5) is 0. The van der Waals surface area contributed by atoms with Gasteiger partial charge in [-0.05, 0) is 57.4 Å². The third kappa shape index (κ3) is 5.49. The first-order chi connectivity index (χ1) is 17.5. The van der Waals surface area contributed by atoms with Crippen molar-refractivity contribution in [1.82, 2.24) is 0 Å². The van der Waals surface area contributed by atoms with E-state index in [-0.39, 0.29) is 36.8 Å². The van der Waals surface area contributed by atoms with E-state index < -0.39 is 6.10 Å². The molecule has 2 aliphatic heterocycles. The molecular weight excluding hydrogens is 464 g/mol. The first-order valence-electron chi connectivity index (χ1n) is 14.0. The summed E-state index contributed by atoms with van der Waals surface area (Å²) in [5.74, 6) is 3.56. The number of aliphatic hydroxyl groups excluding tert-OH is 1. The molecule has 1 fully saturated rings. The summed E-state index contributed by atoms with van der Waals surface area (Å²) in [5, 5.41) is 12.3. The van der Waals surface area contributed by atoms with Gasteiger partial charge in [-0.1, -0.05) is 46.3 Å². The molecule has 4 rings (SSSR count). The summed E-state index contributed by atoms with van der Waals surface area (Å²) in [6, 6.07) is 2.17. The lowest BCUT2D eigenvalue weighted by Gasteiger charge is -2.43. The van der Waals surface area contributed by atoms with Crippen LogP contribution in [0.1, 0.15) is 96.1 Å². The molecule has 2 aromatic rings. The largest absolute Gasteiger partial charge is 0.460 e. The van der Waals surface area contributed by atoms with Crippen LogP contribution in [0, 0.1) is 30.6 Å². The van der Waals surface area contributed by atoms with E-state index in [1.807, 2.05) is 13.0 Å². The van der Waals surface area contributed by atoms with Crippen LogP contribution in [0.2, 0.25) is 0 Å². The van der Waals surface area contributed by atoms with Gasteiger partial charge in [-0.2, -0.15) is 0 Å². The average molecular weight is 511 g/mol. The van der Waals surface area contributed by atoms with E-state index in [1.54, 1.807) is 0 Å². The number of allylic oxidation sites excluding steroid dienone is 2. The lowest BCUT2D eigenvalue weighted by molar-refractivity contribution is -0.168. The second kappa shape index (κ2) is 11.2. The van der Waals surface area contributed by atoms with E-state index in [1.165, 1.54) is 5.57 Å². The predicted octanol–water partition coefficient (Wildman–Crippen LogP) is 8.24. The van der Waals surface area contributed by atoms with Crippen LogP contribution in [0.15, 0.2) is 35.3 Å². The molecule has 5 heteroatoms. The minimum atomic E-state index is -0.481. The average Bonchev–Trinajstić information content (AvgIpc) is 3.51. The smallest absolute Gasteiger partial charge is 0.231 e. The highest BCUT2D eigenvalue weighted by Gasteiger charge is 2.44. The number of benzene rings is 1. The zero-order valence-electron chi connectivity index (χ0n) is 23.8. The molecular formula is C32H46O5. The Balaban J connectivity index is 1.74. The van der Waals surface area contributed by atoms with Crippen molar-refractivity contribution in [2.75, 3.05) is 6.79 Å². The van der Waals surface area contributed by atoms with Gasteiger partial charge in [0, 0.05) is 34.3 Å². The molecule has 37 heavy (non-hydrogen) atoms. The molecule has 0 spiro atoms. The van der Waals surface area contributed by atoms with Crippen LogP contribution < -0.4 is 9.47 Å². The van der Waals surface area contributed by atoms with Crippen molar-refractivity contribution in [3.8, 4) is 11.5 Å². The molecule has 0 radical (unpaired) electrons. The van der Waals surface area contributed by atoms with Crippen molar-refractivity contribution in [3.05, 3.63) is 47.8 Å². The standard InChI is InChI=1S/C32H46O5/c1-10-18(4)11-12-25-21(7)28(33)22(8)30(36-25)27-24-15-26(20(6)14-19(5)13-17(2)3)37-29(24)23(9)31-32(27)35-16-34-31/h10,15,18-22,25,28,30,33H,1-2,11-14,16H2,3-9H3/t18-,19-,20+,21+,22-,25-,28+,30-/m1/s1. The van der Waals surface area contributed by atoms with Crippen LogP contribution >= 0.6 is 0 Å². The fourth-order valence-electron chi connectivity index (χ4n) is 6.32. The maximum atomic E-state index is 11.3. The van der Waals surface area contributed by atoms with E-state index in [2.05, 4.69) is 60.8 Å². The molecule has 1 aromatic heterocycles. The Morgan fingerprint density at radius 3 is 2.54 bits per heavy atom. The molecule has 3 heterocycles. The van der Waals surface area contributed by atoms with E-state index in [4.69, 9.17) is 18.6 Å². The van der Waals surface area contributed by atoms with Crippen LogP contribution in [0.5, 0.6) is 11.5 Å². The van der Waals surface area contributed by atoms with Gasteiger partial charge in [-0.15, -0.1) is 13.2 Å². The molecule has 0 saturated carbocycles. The molecule has 1 aromatic carbocycles. The molecule has 8 atom stereocenters. The third-order valence-electron chi connectivity index (χ3n) is 8.57. The summed E-state index contributed by atoms with van der Waals surface area (Å²) in [6.45, 7) is 23.1. The van der Waals surface area contributed by atoms with Gasteiger partial charge in [0.1, 0.15) is 11.3 Å². The highest BCUT2D eigenvalue weighted by molar-refractivity contribution is 5.91. The van der Waals surface area contributed by atoms with Crippen LogP contribution in [0.25, 0.3) is 11.0 Å². The zero-order chi connectivity index (χ0) is 27.0. The number of hydrogen-bond acceptors (Lipinski definition) is 5. The van der Waals surface area contributed by atoms with Gasteiger partial charge in [0.2, 0.25) is 6.79 Å². The quantitative estimate of drug-likeness (QED) is 0.326. The van der Waals surface area contributed by atoms with Gasteiger partial charge in [0.15, 0.2) is 11.5 Å². The number of ether oxygens (including phenoxy) is 3. The fraction of sp³-hybridized carbons (Fsp3) is 0.625. The van der Waals surface area contributed by atoms with Crippen molar-refractivity contribution in [3.63, 3.8) is 0 Å². The number of hydrogen-bond donors (Lipinski definition) is 1. The van der Waals surface area contributed by atoms with Crippen molar-refractivity contribution in [2.24, 2.45) is 23.7 Å². The normalized spacial score (nSPS) is 27.7.